The van der Waals surface area contributed by atoms with Crippen LogP contribution in [-0.4, -0.2) is 56.3 Å². The summed E-state index contributed by atoms with van der Waals surface area (Å²) in [4.78, 5) is 9.08. The molecule has 0 spiro atoms. The Balaban J connectivity index is 1.28. The van der Waals surface area contributed by atoms with Gasteiger partial charge in [0, 0.05) is 42.7 Å². The molecule has 2 aromatic heterocycles. The Kier molecular flexibility index (Phi) is 5.70. The van der Waals surface area contributed by atoms with Crippen LogP contribution in [0.1, 0.15) is 37.4 Å². The van der Waals surface area contributed by atoms with Crippen LogP contribution in [-0.2, 0) is 13.1 Å². The molecule has 1 fully saturated rings. The zero-order chi connectivity index (χ0) is 19.5. The zero-order valence-corrected chi connectivity index (χ0v) is 16.8. The monoisotopic (exact) mass is 402 g/mol. The fourth-order valence-corrected chi connectivity index (χ4v) is 3.21. The van der Waals surface area contributed by atoms with Gasteiger partial charge < -0.3 is 8.94 Å². The number of piperazine rings is 1. The maximum atomic E-state index is 5.92. The summed E-state index contributed by atoms with van der Waals surface area (Å²) in [6.45, 7) is 9.15. The third-order valence-electron chi connectivity index (χ3n) is 4.74. The van der Waals surface area contributed by atoms with E-state index in [0.717, 1.165) is 37.6 Å². The molecular weight excluding hydrogens is 380 g/mol. The van der Waals surface area contributed by atoms with Crippen molar-refractivity contribution in [3.05, 3.63) is 46.9 Å². The smallest absolute Gasteiger partial charge is 0.247 e. The lowest BCUT2D eigenvalue weighted by atomic mass is 10.2. The Morgan fingerprint density at radius 2 is 1.61 bits per heavy atom. The minimum atomic E-state index is 0.279. The summed E-state index contributed by atoms with van der Waals surface area (Å²) >= 11 is 5.92. The van der Waals surface area contributed by atoms with Gasteiger partial charge in [-0.2, -0.15) is 4.98 Å². The van der Waals surface area contributed by atoms with Crippen molar-refractivity contribution in [1.29, 1.82) is 0 Å². The van der Waals surface area contributed by atoms with Crippen molar-refractivity contribution in [3.63, 3.8) is 0 Å². The summed E-state index contributed by atoms with van der Waals surface area (Å²) < 4.78 is 11.2. The third kappa shape index (κ3) is 4.57. The molecule has 0 atom stereocenters. The molecule has 28 heavy (non-hydrogen) atoms. The minimum Gasteiger partial charge on any atom is -0.419 e. The van der Waals surface area contributed by atoms with E-state index in [-0.39, 0.29) is 5.92 Å². The van der Waals surface area contributed by atoms with Crippen LogP contribution in [0.3, 0.4) is 0 Å². The Morgan fingerprint density at radius 1 is 0.964 bits per heavy atom. The molecule has 1 aromatic carbocycles. The highest BCUT2D eigenvalue weighted by Crippen LogP contribution is 2.21. The SMILES string of the molecule is CC(C)c1noc(CN2CCN(Cc3nnc(-c4ccc(Cl)cc4)o3)CC2)n1. The van der Waals surface area contributed by atoms with Gasteiger partial charge in [-0.05, 0) is 24.3 Å². The van der Waals surface area contributed by atoms with Crippen molar-refractivity contribution >= 4 is 11.6 Å². The van der Waals surface area contributed by atoms with Crippen LogP contribution in [0.25, 0.3) is 11.5 Å². The Hall–Kier alpha value is -2.29. The quantitative estimate of drug-likeness (QED) is 0.621. The normalized spacial score (nSPS) is 16.1. The highest BCUT2D eigenvalue weighted by atomic mass is 35.5. The summed E-state index contributed by atoms with van der Waals surface area (Å²) in [5.74, 6) is 2.87. The molecule has 1 aliphatic heterocycles. The number of hydrogen-bond donors (Lipinski definition) is 0. The summed E-state index contributed by atoms with van der Waals surface area (Å²) in [6.07, 6.45) is 0. The first kappa shape index (κ1) is 19.0. The first-order valence-corrected chi connectivity index (χ1v) is 9.80. The van der Waals surface area contributed by atoms with Crippen molar-refractivity contribution < 1.29 is 8.94 Å². The Bertz CT molecular complexity index is 899. The van der Waals surface area contributed by atoms with E-state index in [0.29, 0.717) is 35.8 Å². The number of hydrogen-bond acceptors (Lipinski definition) is 8. The van der Waals surface area contributed by atoms with Gasteiger partial charge >= 0.3 is 0 Å². The molecular formula is C19H23ClN6O2. The lowest BCUT2D eigenvalue weighted by Gasteiger charge is -2.32. The van der Waals surface area contributed by atoms with E-state index in [1.54, 1.807) is 0 Å². The van der Waals surface area contributed by atoms with Gasteiger partial charge in [0.2, 0.25) is 17.7 Å². The van der Waals surface area contributed by atoms with Crippen LogP contribution in [0.4, 0.5) is 0 Å². The van der Waals surface area contributed by atoms with E-state index in [4.69, 9.17) is 20.5 Å². The van der Waals surface area contributed by atoms with Gasteiger partial charge in [0.25, 0.3) is 0 Å². The van der Waals surface area contributed by atoms with Crippen LogP contribution in [0.15, 0.2) is 33.2 Å². The molecule has 4 rings (SSSR count). The first-order chi connectivity index (χ1) is 13.6. The number of halogens is 1. The highest BCUT2D eigenvalue weighted by molar-refractivity contribution is 6.30. The summed E-state index contributed by atoms with van der Waals surface area (Å²) in [7, 11) is 0. The summed E-state index contributed by atoms with van der Waals surface area (Å²) in [5, 5.41) is 13.0. The average molecular weight is 403 g/mol. The number of nitrogens with zero attached hydrogens (tertiary/aromatic N) is 6. The van der Waals surface area contributed by atoms with Gasteiger partial charge in [0.15, 0.2) is 5.82 Å². The second-order valence-corrected chi connectivity index (χ2v) is 7.70. The largest absolute Gasteiger partial charge is 0.419 e. The van der Waals surface area contributed by atoms with Gasteiger partial charge in [0.1, 0.15) is 0 Å². The molecule has 3 heterocycles. The van der Waals surface area contributed by atoms with Crippen LogP contribution in [0.2, 0.25) is 5.02 Å². The predicted octanol–water partition coefficient (Wildman–Crippen LogP) is 3.21. The van der Waals surface area contributed by atoms with Crippen molar-refractivity contribution in [3.8, 4) is 11.5 Å². The third-order valence-corrected chi connectivity index (χ3v) is 4.99. The molecule has 0 N–H and O–H groups in total. The molecule has 148 valence electrons. The standard InChI is InChI=1S/C19H23ClN6O2/c1-13(2)18-21-16(28-24-18)11-25-7-9-26(10-8-25)12-17-22-23-19(27-17)14-3-5-15(20)6-4-14/h3-6,13H,7-12H2,1-2H3. The molecule has 1 saturated heterocycles. The van der Waals surface area contributed by atoms with Crippen LogP contribution < -0.4 is 0 Å². The van der Waals surface area contributed by atoms with E-state index >= 15 is 0 Å². The van der Waals surface area contributed by atoms with Crippen molar-refractivity contribution in [2.24, 2.45) is 0 Å². The molecule has 0 amide bonds. The van der Waals surface area contributed by atoms with Gasteiger partial charge in [-0.1, -0.05) is 30.6 Å². The van der Waals surface area contributed by atoms with Gasteiger partial charge in [-0.15, -0.1) is 10.2 Å². The molecule has 0 saturated carbocycles. The van der Waals surface area contributed by atoms with Crippen molar-refractivity contribution in [2.45, 2.75) is 32.9 Å². The highest BCUT2D eigenvalue weighted by Gasteiger charge is 2.21. The molecule has 3 aromatic rings. The second-order valence-electron chi connectivity index (χ2n) is 7.26. The second kappa shape index (κ2) is 8.38. The lowest BCUT2D eigenvalue weighted by molar-refractivity contribution is 0.106. The number of rotatable bonds is 6. The Labute approximate surface area is 168 Å². The molecule has 0 aliphatic carbocycles. The van der Waals surface area contributed by atoms with Crippen LogP contribution in [0.5, 0.6) is 0 Å². The van der Waals surface area contributed by atoms with Crippen LogP contribution in [0, 0.1) is 0 Å². The van der Waals surface area contributed by atoms with Crippen LogP contribution >= 0.6 is 11.6 Å². The fourth-order valence-electron chi connectivity index (χ4n) is 3.08. The van der Waals surface area contributed by atoms with E-state index < -0.39 is 0 Å². The predicted molar refractivity (Wildman–Crippen MR) is 104 cm³/mol. The molecule has 0 radical (unpaired) electrons. The van der Waals surface area contributed by atoms with E-state index in [1.165, 1.54) is 0 Å². The maximum Gasteiger partial charge on any atom is 0.247 e. The van der Waals surface area contributed by atoms with E-state index in [2.05, 4.69) is 44.0 Å². The molecule has 0 bridgehead atoms. The molecule has 1 aliphatic rings. The average Bonchev–Trinajstić information content (AvgIpc) is 3.34. The molecule has 9 heteroatoms. The van der Waals surface area contributed by atoms with Gasteiger partial charge in [0.05, 0.1) is 13.1 Å². The van der Waals surface area contributed by atoms with E-state index in [1.807, 2.05) is 24.3 Å². The summed E-state index contributed by atoms with van der Waals surface area (Å²) in [6, 6.07) is 7.38. The van der Waals surface area contributed by atoms with Gasteiger partial charge in [-0.3, -0.25) is 9.80 Å². The van der Waals surface area contributed by atoms with E-state index in [9.17, 15) is 0 Å². The van der Waals surface area contributed by atoms with Crippen molar-refractivity contribution in [1.82, 2.24) is 30.1 Å². The number of benzene rings is 1. The van der Waals surface area contributed by atoms with Crippen molar-refractivity contribution in [2.75, 3.05) is 26.2 Å². The fraction of sp³-hybridized carbons (Fsp3) is 0.474. The molecule has 8 nitrogen and oxygen atoms in total. The Morgan fingerprint density at radius 3 is 2.21 bits per heavy atom. The number of aromatic nitrogens is 4. The molecule has 0 unspecified atom stereocenters. The zero-order valence-electron chi connectivity index (χ0n) is 16.0. The summed E-state index contributed by atoms with van der Waals surface area (Å²) in [5.41, 5.74) is 0.869. The maximum absolute atomic E-state index is 5.92. The first-order valence-electron chi connectivity index (χ1n) is 9.42. The van der Waals surface area contributed by atoms with Gasteiger partial charge in [-0.25, -0.2) is 0 Å². The minimum absolute atomic E-state index is 0.279. The lowest BCUT2D eigenvalue weighted by Crippen LogP contribution is -2.45. The topological polar surface area (TPSA) is 84.3 Å².